The Morgan fingerprint density at radius 1 is 1.26 bits per heavy atom. The van der Waals surface area contributed by atoms with Crippen molar-refractivity contribution in [3.63, 3.8) is 0 Å². The number of nitrogens with zero attached hydrogens (tertiary/aromatic N) is 1. The highest BCUT2D eigenvalue weighted by Crippen LogP contribution is 2.66. The Hall–Kier alpha value is -1.85. The van der Waals surface area contributed by atoms with E-state index >= 15 is 0 Å². The number of likely N-dealkylation sites (tertiary alicyclic amines) is 1. The molecule has 1 N–H and O–H groups in total. The molecule has 34 heavy (non-hydrogen) atoms. The molecule has 3 saturated carbocycles. The largest absolute Gasteiger partial charge is 0.481 e. The quantitative estimate of drug-likeness (QED) is 0.395. The second-order valence-electron chi connectivity index (χ2n) is 12.1. The monoisotopic (exact) mass is 463 g/mol. The van der Waals surface area contributed by atoms with E-state index < -0.39 is 11.0 Å². The highest BCUT2D eigenvalue weighted by atomic mass is 16.6. The van der Waals surface area contributed by atoms with Gasteiger partial charge in [0.05, 0.1) is 16.9 Å². The normalized spacial score (nSPS) is 37.3. The first-order valence-corrected chi connectivity index (χ1v) is 13.6. The van der Waals surface area contributed by atoms with Crippen molar-refractivity contribution in [1.29, 1.82) is 0 Å². The molecule has 2 bridgehead atoms. The van der Waals surface area contributed by atoms with Crippen molar-refractivity contribution < 1.29 is 19.4 Å². The van der Waals surface area contributed by atoms with Crippen LogP contribution >= 0.6 is 0 Å². The van der Waals surface area contributed by atoms with Gasteiger partial charge in [0.2, 0.25) is 0 Å². The van der Waals surface area contributed by atoms with E-state index in [9.17, 15) is 9.90 Å². The molecule has 0 amide bonds. The summed E-state index contributed by atoms with van der Waals surface area (Å²) in [4.78, 5) is 15.7. The van der Waals surface area contributed by atoms with E-state index in [1.165, 1.54) is 31.2 Å². The average molecular weight is 464 g/mol. The second kappa shape index (κ2) is 7.33. The van der Waals surface area contributed by atoms with Gasteiger partial charge in [0.15, 0.2) is 11.5 Å². The van der Waals surface area contributed by atoms with Crippen LogP contribution < -0.4 is 9.47 Å². The van der Waals surface area contributed by atoms with Gasteiger partial charge in [-0.1, -0.05) is 32.4 Å². The minimum Gasteiger partial charge on any atom is -0.481 e. The van der Waals surface area contributed by atoms with Gasteiger partial charge in [-0.25, -0.2) is 0 Å². The molecule has 1 aromatic rings. The number of benzene rings is 1. The van der Waals surface area contributed by atoms with Gasteiger partial charge in [-0.3, -0.25) is 9.69 Å². The third-order valence-corrected chi connectivity index (χ3v) is 10.4. The molecule has 5 unspecified atom stereocenters. The summed E-state index contributed by atoms with van der Waals surface area (Å²) < 4.78 is 12.7. The van der Waals surface area contributed by atoms with Crippen LogP contribution in [0.1, 0.15) is 75.8 Å². The van der Waals surface area contributed by atoms with E-state index in [4.69, 9.17) is 9.47 Å². The topological polar surface area (TPSA) is 59.0 Å². The molecule has 5 atom stereocenters. The second-order valence-corrected chi connectivity index (χ2v) is 12.1. The van der Waals surface area contributed by atoms with Crippen molar-refractivity contribution in [2.75, 3.05) is 13.1 Å². The maximum absolute atomic E-state index is 13.1. The average Bonchev–Trinajstić information content (AvgIpc) is 3.32. The molecule has 2 heterocycles. The Bertz CT molecular complexity index is 1060. The fourth-order valence-electron chi connectivity index (χ4n) is 8.31. The fraction of sp³-hybridized carbons (Fsp3) is 0.690. The molecule has 2 aliphatic heterocycles. The van der Waals surface area contributed by atoms with Crippen LogP contribution in [0.4, 0.5) is 0 Å². The third-order valence-electron chi connectivity index (χ3n) is 10.4. The van der Waals surface area contributed by atoms with Gasteiger partial charge in [-0.05, 0) is 87.0 Å². The molecule has 6 aliphatic rings. The molecular formula is C29H37NO4. The van der Waals surface area contributed by atoms with Crippen molar-refractivity contribution in [3.8, 4) is 11.5 Å². The van der Waals surface area contributed by atoms with Gasteiger partial charge >= 0.3 is 5.97 Å². The van der Waals surface area contributed by atoms with Crippen LogP contribution in [0, 0.1) is 17.8 Å². The van der Waals surface area contributed by atoms with Crippen LogP contribution in [0.15, 0.2) is 24.3 Å². The summed E-state index contributed by atoms with van der Waals surface area (Å²) in [6, 6.07) is 4.20. The zero-order valence-electron chi connectivity index (χ0n) is 20.4. The third kappa shape index (κ3) is 2.77. The molecule has 4 fully saturated rings. The number of carbonyl (C=O) groups excluding carboxylic acids is 1. The van der Waals surface area contributed by atoms with Crippen LogP contribution in [0.2, 0.25) is 0 Å². The standard InChI is InChI=1S/C29H37NO4/c1-17-11-12-29(32)23-15-21-9-10-22(33-27(31)18(2)20-5-3-4-6-20)25-24(21)28(29,26(17)34-25)13-14-30(23)16-19-7-8-19/h9-10,18-20,23,26,32H,1,3-8,11-16H2,2H3. The maximum Gasteiger partial charge on any atom is 0.314 e. The number of rotatable bonds is 5. The van der Waals surface area contributed by atoms with Gasteiger partial charge in [0.25, 0.3) is 0 Å². The summed E-state index contributed by atoms with van der Waals surface area (Å²) in [6.07, 6.45) is 10.3. The highest BCUT2D eigenvalue weighted by molar-refractivity contribution is 5.77. The van der Waals surface area contributed by atoms with E-state index in [2.05, 4.69) is 17.5 Å². The first-order valence-electron chi connectivity index (χ1n) is 13.6. The number of carbonyl (C=O) groups is 1. The Balaban J connectivity index is 1.28. The van der Waals surface area contributed by atoms with Crippen LogP contribution in [-0.2, 0) is 16.6 Å². The van der Waals surface area contributed by atoms with Crippen molar-refractivity contribution in [1.82, 2.24) is 4.90 Å². The number of ether oxygens (including phenoxy) is 2. The Morgan fingerprint density at radius 2 is 2.06 bits per heavy atom. The van der Waals surface area contributed by atoms with Gasteiger partial charge in [-0.15, -0.1) is 0 Å². The number of esters is 1. The zero-order valence-corrected chi connectivity index (χ0v) is 20.4. The summed E-state index contributed by atoms with van der Waals surface area (Å²) in [6.45, 7) is 8.49. The lowest BCUT2D eigenvalue weighted by atomic mass is 9.48. The Kier molecular flexibility index (Phi) is 4.62. The summed E-state index contributed by atoms with van der Waals surface area (Å²) >= 11 is 0. The lowest BCUT2D eigenvalue weighted by molar-refractivity contribution is -0.174. The molecule has 5 nitrogen and oxygen atoms in total. The number of aliphatic hydroxyl groups is 1. The van der Waals surface area contributed by atoms with Crippen LogP contribution in [0.25, 0.3) is 0 Å². The molecule has 7 rings (SSSR count). The smallest absolute Gasteiger partial charge is 0.314 e. The van der Waals surface area contributed by atoms with Gasteiger partial charge < -0.3 is 14.6 Å². The molecule has 0 aromatic heterocycles. The summed E-state index contributed by atoms with van der Waals surface area (Å²) in [5.41, 5.74) is 2.13. The predicted molar refractivity (Wildman–Crippen MR) is 129 cm³/mol. The molecule has 4 aliphatic carbocycles. The first kappa shape index (κ1) is 21.4. The minimum atomic E-state index is -0.829. The minimum absolute atomic E-state index is 0.102. The molecule has 5 heteroatoms. The molecule has 182 valence electrons. The molecule has 1 saturated heterocycles. The van der Waals surface area contributed by atoms with Crippen molar-refractivity contribution >= 4 is 5.97 Å². The van der Waals surface area contributed by atoms with Crippen LogP contribution in [0.5, 0.6) is 11.5 Å². The summed E-state index contributed by atoms with van der Waals surface area (Å²) in [5, 5.41) is 12.5. The van der Waals surface area contributed by atoms with E-state index in [0.717, 1.165) is 68.7 Å². The SMILES string of the molecule is C=C1CCC2(O)C3Cc4ccc(OC(=O)C(C)C5CCCC5)c5c4C2(CCN3CC2CC2)C1O5. The predicted octanol–water partition coefficient (Wildman–Crippen LogP) is 4.54. The highest BCUT2D eigenvalue weighted by Gasteiger charge is 2.72. The zero-order chi connectivity index (χ0) is 23.2. The number of piperidine rings is 1. The van der Waals surface area contributed by atoms with Gasteiger partial charge in [-0.2, -0.15) is 0 Å². The van der Waals surface area contributed by atoms with Crippen LogP contribution in [-0.4, -0.2) is 46.8 Å². The number of hydrogen-bond acceptors (Lipinski definition) is 5. The van der Waals surface area contributed by atoms with E-state index in [-0.39, 0.29) is 24.0 Å². The molecule has 0 radical (unpaired) electrons. The number of hydrogen-bond donors (Lipinski definition) is 1. The van der Waals surface area contributed by atoms with Crippen LogP contribution in [0.3, 0.4) is 0 Å². The van der Waals surface area contributed by atoms with E-state index in [0.29, 0.717) is 17.4 Å². The molecule has 1 spiro atoms. The summed E-state index contributed by atoms with van der Waals surface area (Å²) in [5.74, 6) is 2.20. The molecule has 1 aromatic carbocycles. The first-order chi connectivity index (χ1) is 16.4. The summed E-state index contributed by atoms with van der Waals surface area (Å²) in [7, 11) is 0. The van der Waals surface area contributed by atoms with E-state index in [1.807, 2.05) is 13.0 Å². The fourth-order valence-corrected chi connectivity index (χ4v) is 8.31. The van der Waals surface area contributed by atoms with Gasteiger partial charge in [0, 0.05) is 18.2 Å². The Labute approximate surface area is 202 Å². The lowest BCUT2D eigenvalue weighted by Crippen LogP contribution is -2.75. The Morgan fingerprint density at radius 3 is 2.82 bits per heavy atom. The van der Waals surface area contributed by atoms with Crippen molar-refractivity contribution in [2.24, 2.45) is 17.8 Å². The maximum atomic E-state index is 13.1. The lowest BCUT2D eigenvalue weighted by Gasteiger charge is -2.63. The molecular weight excluding hydrogens is 426 g/mol. The van der Waals surface area contributed by atoms with E-state index in [1.54, 1.807) is 0 Å². The van der Waals surface area contributed by atoms with Gasteiger partial charge in [0.1, 0.15) is 6.10 Å². The van der Waals surface area contributed by atoms with Crippen molar-refractivity contribution in [2.45, 2.75) is 94.3 Å². The van der Waals surface area contributed by atoms with Crippen molar-refractivity contribution in [3.05, 3.63) is 35.4 Å².